The first-order valence-corrected chi connectivity index (χ1v) is 4.19. The van der Waals surface area contributed by atoms with E-state index in [9.17, 15) is 4.79 Å². The van der Waals surface area contributed by atoms with Gasteiger partial charge in [-0.25, -0.2) is 4.98 Å². The van der Waals surface area contributed by atoms with E-state index in [0.717, 1.165) is 0 Å². The normalized spacial score (nSPS) is 13.4. The molecule has 5 nitrogen and oxygen atoms in total. The van der Waals surface area contributed by atoms with Crippen molar-refractivity contribution >= 4 is 22.6 Å². The Morgan fingerprint density at radius 2 is 2.38 bits per heavy atom. The van der Waals surface area contributed by atoms with Gasteiger partial charge in [0.25, 0.3) is 5.56 Å². The van der Waals surface area contributed by atoms with E-state index in [1.54, 1.807) is 6.92 Å². The molecular weight excluding hydrogens is 192 g/mol. The van der Waals surface area contributed by atoms with Crippen LogP contribution in [0.2, 0.25) is 0 Å². The zero-order valence-corrected chi connectivity index (χ0v) is 7.59. The summed E-state index contributed by atoms with van der Waals surface area (Å²) in [4.78, 5) is 18.0. The van der Waals surface area contributed by atoms with Crippen LogP contribution in [-0.4, -0.2) is 20.2 Å². The first kappa shape index (κ1) is 8.25. The standard InChI is InChI=1S/C7H7ClN4O/c1-3(8)5-10-6-4(2-9-12-6)7(13)11-5/h2-3H,1H3,(H2,9,10,11,12,13). The van der Waals surface area contributed by atoms with Crippen molar-refractivity contribution in [2.45, 2.75) is 12.3 Å². The van der Waals surface area contributed by atoms with Crippen molar-refractivity contribution in [1.29, 1.82) is 0 Å². The van der Waals surface area contributed by atoms with Gasteiger partial charge in [0.05, 0.1) is 11.6 Å². The van der Waals surface area contributed by atoms with E-state index in [0.29, 0.717) is 16.9 Å². The minimum Gasteiger partial charge on any atom is -0.309 e. The number of nitrogens with zero attached hydrogens (tertiary/aromatic N) is 2. The van der Waals surface area contributed by atoms with Gasteiger partial charge in [-0.2, -0.15) is 5.10 Å². The van der Waals surface area contributed by atoms with Gasteiger partial charge in [-0.15, -0.1) is 11.6 Å². The smallest absolute Gasteiger partial charge is 0.262 e. The van der Waals surface area contributed by atoms with Crippen LogP contribution in [0, 0.1) is 0 Å². The fraction of sp³-hybridized carbons (Fsp3) is 0.286. The Morgan fingerprint density at radius 3 is 3.08 bits per heavy atom. The molecule has 2 aromatic heterocycles. The summed E-state index contributed by atoms with van der Waals surface area (Å²) in [5, 5.41) is 6.45. The molecular formula is C7H7ClN4O. The lowest BCUT2D eigenvalue weighted by Crippen LogP contribution is -2.11. The maximum atomic E-state index is 11.4. The van der Waals surface area contributed by atoms with Crippen molar-refractivity contribution < 1.29 is 0 Å². The summed E-state index contributed by atoms with van der Waals surface area (Å²) < 4.78 is 0. The maximum Gasteiger partial charge on any atom is 0.262 e. The van der Waals surface area contributed by atoms with E-state index in [1.807, 2.05) is 0 Å². The number of rotatable bonds is 1. The molecule has 0 aromatic carbocycles. The third-order valence-electron chi connectivity index (χ3n) is 1.71. The average Bonchev–Trinajstić information content (AvgIpc) is 2.51. The molecule has 0 amide bonds. The number of aromatic nitrogens is 4. The molecule has 2 heterocycles. The van der Waals surface area contributed by atoms with Crippen LogP contribution in [0.4, 0.5) is 0 Å². The van der Waals surface area contributed by atoms with E-state index < -0.39 is 0 Å². The first-order valence-electron chi connectivity index (χ1n) is 3.76. The summed E-state index contributed by atoms with van der Waals surface area (Å²) >= 11 is 5.78. The highest BCUT2D eigenvalue weighted by Gasteiger charge is 2.08. The number of halogens is 1. The lowest BCUT2D eigenvalue weighted by atomic mass is 10.4. The summed E-state index contributed by atoms with van der Waals surface area (Å²) in [7, 11) is 0. The van der Waals surface area contributed by atoms with Gasteiger partial charge in [0, 0.05) is 0 Å². The number of hydrogen-bond acceptors (Lipinski definition) is 3. The minimum atomic E-state index is -0.319. The highest BCUT2D eigenvalue weighted by molar-refractivity contribution is 6.20. The molecule has 0 radical (unpaired) electrons. The van der Waals surface area contributed by atoms with Gasteiger partial charge in [-0.3, -0.25) is 9.89 Å². The second-order valence-electron chi connectivity index (χ2n) is 2.70. The molecule has 0 spiro atoms. The lowest BCUT2D eigenvalue weighted by Gasteiger charge is -2.00. The van der Waals surface area contributed by atoms with E-state index in [4.69, 9.17) is 11.6 Å². The van der Waals surface area contributed by atoms with E-state index in [2.05, 4.69) is 20.2 Å². The monoisotopic (exact) mass is 198 g/mol. The predicted molar refractivity (Wildman–Crippen MR) is 48.8 cm³/mol. The van der Waals surface area contributed by atoms with Crippen LogP contribution >= 0.6 is 11.6 Å². The summed E-state index contributed by atoms with van der Waals surface area (Å²) in [6.45, 7) is 1.74. The summed E-state index contributed by atoms with van der Waals surface area (Å²) in [5.41, 5.74) is 0.243. The molecule has 2 N–H and O–H groups in total. The summed E-state index contributed by atoms with van der Waals surface area (Å²) in [6.07, 6.45) is 1.43. The number of alkyl halides is 1. The van der Waals surface area contributed by atoms with Crippen molar-refractivity contribution in [3.8, 4) is 0 Å². The second kappa shape index (κ2) is 2.85. The Hall–Kier alpha value is -1.36. The van der Waals surface area contributed by atoms with Crippen molar-refractivity contribution in [3.05, 3.63) is 22.4 Å². The molecule has 0 aliphatic heterocycles. The third kappa shape index (κ3) is 1.31. The van der Waals surface area contributed by atoms with E-state index in [-0.39, 0.29) is 10.9 Å². The summed E-state index contributed by atoms with van der Waals surface area (Å²) in [5.74, 6) is 0.448. The van der Waals surface area contributed by atoms with Gasteiger partial charge in [0.2, 0.25) is 0 Å². The Kier molecular flexibility index (Phi) is 1.81. The molecule has 0 bridgehead atoms. The van der Waals surface area contributed by atoms with Crippen LogP contribution in [0.3, 0.4) is 0 Å². The molecule has 13 heavy (non-hydrogen) atoms. The number of nitrogens with one attached hydrogen (secondary N) is 2. The van der Waals surface area contributed by atoms with Gasteiger partial charge < -0.3 is 4.98 Å². The van der Waals surface area contributed by atoms with Gasteiger partial charge in [-0.1, -0.05) is 0 Å². The van der Waals surface area contributed by atoms with Crippen LogP contribution in [-0.2, 0) is 0 Å². The molecule has 0 aliphatic carbocycles. The molecule has 0 saturated heterocycles. The van der Waals surface area contributed by atoms with Gasteiger partial charge in [-0.05, 0) is 6.92 Å². The summed E-state index contributed by atoms with van der Waals surface area (Å²) in [6, 6.07) is 0. The Balaban J connectivity index is 2.77. The molecule has 0 aliphatic rings. The van der Waals surface area contributed by atoms with Crippen LogP contribution in [0.25, 0.3) is 11.0 Å². The van der Waals surface area contributed by atoms with Crippen molar-refractivity contribution in [2.75, 3.05) is 0 Å². The zero-order chi connectivity index (χ0) is 9.42. The van der Waals surface area contributed by atoms with Crippen LogP contribution in [0.15, 0.2) is 11.0 Å². The number of hydrogen-bond donors (Lipinski definition) is 2. The first-order chi connectivity index (χ1) is 6.18. The van der Waals surface area contributed by atoms with Crippen LogP contribution in [0.5, 0.6) is 0 Å². The largest absolute Gasteiger partial charge is 0.309 e. The van der Waals surface area contributed by atoms with Gasteiger partial charge in [0.15, 0.2) is 5.65 Å². The molecule has 0 fully saturated rings. The Morgan fingerprint density at radius 1 is 1.62 bits per heavy atom. The lowest BCUT2D eigenvalue weighted by molar-refractivity contribution is 0.907. The van der Waals surface area contributed by atoms with Crippen molar-refractivity contribution in [1.82, 2.24) is 20.2 Å². The maximum absolute atomic E-state index is 11.4. The van der Waals surface area contributed by atoms with Crippen LogP contribution < -0.4 is 5.56 Å². The second-order valence-corrected chi connectivity index (χ2v) is 3.35. The SMILES string of the molecule is CC(Cl)c1nc2[nH]ncc2c(=O)[nH]1. The van der Waals surface area contributed by atoms with E-state index in [1.165, 1.54) is 6.20 Å². The number of fused-ring (bicyclic) bond motifs is 1. The molecule has 6 heteroatoms. The van der Waals surface area contributed by atoms with E-state index >= 15 is 0 Å². The zero-order valence-electron chi connectivity index (χ0n) is 6.84. The number of aromatic amines is 2. The minimum absolute atomic E-state index is 0.221. The predicted octanol–water partition coefficient (Wildman–Crippen LogP) is 0.946. The molecule has 1 atom stereocenters. The fourth-order valence-corrected chi connectivity index (χ4v) is 1.15. The molecule has 1 unspecified atom stereocenters. The van der Waals surface area contributed by atoms with Crippen molar-refractivity contribution in [2.24, 2.45) is 0 Å². The quantitative estimate of drug-likeness (QED) is 0.670. The van der Waals surface area contributed by atoms with Gasteiger partial charge >= 0.3 is 0 Å². The molecule has 68 valence electrons. The fourth-order valence-electron chi connectivity index (χ4n) is 1.05. The number of H-pyrrole nitrogens is 2. The highest BCUT2D eigenvalue weighted by Crippen LogP contribution is 2.14. The molecule has 2 aromatic rings. The van der Waals surface area contributed by atoms with Crippen molar-refractivity contribution in [3.63, 3.8) is 0 Å². The molecule has 0 saturated carbocycles. The Bertz CT molecular complexity index is 486. The third-order valence-corrected chi connectivity index (χ3v) is 1.92. The Labute approximate surface area is 78.1 Å². The van der Waals surface area contributed by atoms with Crippen LogP contribution in [0.1, 0.15) is 18.1 Å². The highest BCUT2D eigenvalue weighted by atomic mass is 35.5. The average molecular weight is 199 g/mol. The van der Waals surface area contributed by atoms with Gasteiger partial charge in [0.1, 0.15) is 11.2 Å². The molecule has 2 rings (SSSR count). The topological polar surface area (TPSA) is 74.4 Å².